The Kier molecular flexibility index (Phi) is 3.48. The zero-order valence-corrected chi connectivity index (χ0v) is 8.28. The monoisotopic (exact) mass is 159 g/mol. The first-order chi connectivity index (χ1) is 4.83. The van der Waals surface area contributed by atoms with Crippen molar-refractivity contribution in [2.75, 3.05) is 7.05 Å². The van der Waals surface area contributed by atoms with Crippen LogP contribution in [-0.2, 0) is 0 Å². The zero-order chi connectivity index (χ0) is 9.12. The van der Waals surface area contributed by atoms with E-state index >= 15 is 0 Å². The van der Waals surface area contributed by atoms with Crippen molar-refractivity contribution in [1.82, 2.24) is 10.6 Å². The van der Waals surface area contributed by atoms with Gasteiger partial charge in [-0.15, -0.1) is 0 Å². The second-order valence-corrected chi connectivity index (χ2v) is 3.77. The summed E-state index contributed by atoms with van der Waals surface area (Å²) >= 11 is 0. The lowest BCUT2D eigenvalue weighted by atomic mass is 10.1. The molecular weight excluding hydrogens is 138 g/mol. The summed E-state index contributed by atoms with van der Waals surface area (Å²) in [5, 5.41) is 6.44. The van der Waals surface area contributed by atoms with Crippen molar-refractivity contribution >= 4 is 0 Å². The van der Waals surface area contributed by atoms with Gasteiger partial charge in [-0.2, -0.15) is 0 Å². The summed E-state index contributed by atoms with van der Waals surface area (Å²) in [6, 6.07) is 0. The summed E-state index contributed by atoms with van der Waals surface area (Å²) in [6.45, 7) is 8.19. The van der Waals surface area contributed by atoms with E-state index < -0.39 is 0 Å². The van der Waals surface area contributed by atoms with Gasteiger partial charge in [0.05, 0.1) is 11.3 Å². The van der Waals surface area contributed by atoms with E-state index in [-0.39, 0.29) is 11.3 Å². The van der Waals surface area contributed by atoms with Crippen LogP contribution in [0.3, 0.4) is 0 Å². The Morgan fingerprint density at radius 1 is 1.27 bits per heavy atom. The molecule has 0 aromatic rings. The molecule has 0 amide bonds. The van der Waals surface area contributed by atoms with E-state index in [9.17, 15) is 0 Å². The molecule has 1 unspecified atom stereocenters. The van der Waals surface area contributed by atoms with Gasteiger partial charge in [-0.1, -0.05) is 6.92 Å². The normalized spacial score (nSPS) is 18.0. The van der Waals surface area contributed by atoms with Gasteiger partial charge < -0.3 is 11.1 Å². The maximum atomic E-state index is 5.93. The highest BCUT2D eigenvalue weighted by Gasteiger charge is 2.24. The van der Waals surface area contributed by atoms with Crippen molar-refractivity contribution in [1.29, 1.82) is 0 Å². The maximum Gasteiger partial charge on any atom is 0.0644 e. The lowest BCUT2D eigenvalue weighted by Gasteiger charge is -2.36. The van der Waals surface area contributed by atoms with E-state index in [0.29, 0.717) is 0 Å². The summed E-state index contributed by atoms with van der Waals surface area (Å²) in [4.78, 5) is 0. The minimum atomic E-state index is -0.285. The van der Waals surface area contributed by atoms with Crippen LogP contribution in [0.4, 0.5) is 0 Å². The fraction of sp³-hybridized carbons (Fsp3) is 1.00. The predicted molar refractivity (Wildman–Crippen MR) is 49.2 cm³/mol. The molecule has 0 saturated carbocycles. The molecule has 0 fully saturated rings. The fourth-order valence-electron chi connectivity index (χ4n) is 0.865. The fourth-order valence-corrected chi connectivity index (χ4v) is 0.865. The van der Waals surface area contributed by atoms with Crippen LogP contribution in [-0.4, -0.2) is 18.4 Å². The minimum Gasteiger partial charge on any atom is -0.314 e. The van der Waals surface area contributed by atoms with E-state index in [4.69, 9.17) is 5.73 Å². The van der Waals surface area contributed by atoms with Crippen molar-refractivity contribution < 1.29 is 0 Å². The first-order valence-corrected chi connectivity index (χ1v) is 4.10. The smallest absolute Gasteiger partial charge is 0.0644 e. The van der Waals surface area contributed by atoms with Crippen LogP contribution in [0.2, 0.25) is 0 Å². The quantitative estimate of drug-likeness (QED) is 0.527. The molecule has 0 aliphatic heterocycles. The largest absolute Gasteiger partial charge is 0.314 e. The second kappa shape index (κ2) is 3.52. The van der Waals surface area contributed by atoms with Crippen molar-refractivity contribution in [3.8, 4) is 0 Å². The van der Waals surface area contributed by atoms with E-state index in [1.807, 2.05) is 14.0 Å². The highest BCUT2D eigenvalue weighted by molar-refractivity contribution is 4.83. The molecule has 0 spiro atoms. The third kappa shape index (κ3) is 4.35. The molecule has 68 valence electrons. The molecule has 0 heterocycles. The van der Waals surface area contributed by atoms with Crippen molar-refractivity contribution in [2.24, 2.45) is 5.73 Å². The first kappa shape index (κ1) is 10.9. The van der Waals surface area contributed by atoms with Crippen LogP contribution in [0.1, 0.15) is 34.1 Å². The van der Waals surface area contributed by atoms with E-state index in [1.165, 1.54) is 0 Å². The maximum absolute atomic E-state index is 5.93. The summed E-state index contributed by atoms with van der Waals surface area (Å²) in [5.74, 6) is 0. The van der Waals surface area contributed by atoms with Gasteiger partial charge in [0.2, 0.25) is 0 Å². The van der Waals surface area contributed by atoms with Gasteiger partial charge in [0.1, 0.15) is 0 Å². The second-order valence-electron chi connectivity index (χ2n) is 3.77. The highest BCUT2D eigenvalue weighted by atomic mass is 15.2. The Balaban J connectivity index is 4.02. The molecule has 3 nitrogen and oxygen atoms in total. The Morgan fingerprint density at radius 2 is 1.73 bits per heavy atom. The van der Waals surface area contributed by atoms with Crippen molar-refractivity contribution in [3.05, 3.63) is 0 Å². The molecule has 4 N–H and O–H groups in total. The number of hydrogen-bond acceptors (Lipinski definition) is 3. The van der Waals surface area contributed by atoms with Crippen LogP contribution in [0.5, 0.6) is 0 Å². The highest BCUT2D eigenvalue weighted by Crippen LogP contribution is 2.06. The number of hydrogen-bond donors (Lipinski definition) is 3. The van der Waals surface area contributed by atoms with E-state index in [0.717, 1.165) is 6.42 Å². The van der Waals surface area contributed by atoms with Crippen LogP contribution in [0, 0.1) is 0 Å². The van der Waals surface area contributed by atoms with Gasteiger partial charge in [0, 0.05) is 0 Å². The Labute approximate surface area is 69.7 Å². The third-order valence-electron chi connectivity index (χ3n) is 1.96. The third-order valence-corrected chi connectivity index (χ3v) is 1.96. The number of nitrogens with one attached hydrogen (secondary N) is 2. The first-order valence-electron chi connectivity index (χ1n) is 4.10. The van der Waals surface area contributed by atoms with Crippen LogP contribution < -0.4 is 16.4 Å². The molecule has 3 heteroatoms. The molecule has 0 aromatic carbocycles. The summed E-state index contributed by atoms with van der Waals surface area (Å²) < 4.78 is 0. The SMILES string of the molecule is CCC(C)(N)NC(C)(C)NC. The van der Waals surface area contributed by atoms with Gasteiger partial charge in [0.15, 0.2) is 0 Å². The molecule has 0 rings (SSSR count). The topological polar surface area (TPSA) is 50.1 Å². The Hall–Kier alpha value is -0.120. The Bertz CT molecular complexity index is 105. The van der Waals surface area contributed by atoms with E-state index in [1.54, 1.807) is 0 Å². The molecule has 0 radical (unpaired) electrons. The van der Waals surface area contributed by atoms with E-state index in [2.05, 4.69) is 31.4 Å². The number of nitrogens with two attached hydrogens (primary N) is 1. The minimum absolute atomic E-state index is 0.0977. The van der Waals surface area contributed by atoms with Gasteiger partial charge in [0.25, 0.3) is 0 Å². The predicted octanol–water partition coefficient (Wildman–Crippen LogP) is 0.616. The summed E-state index contributed by atoms with van der Waals surface area (Å²) in [7, 11) is 1.92. The molecule has 11 heavy (non-hydrogen) atoms. The van der Waals surface area contributed by atoms with Gasteiger partial charge >= 0.3 is 0 Å². The zero-order valence-electron chi connectivity index (χ0n) is 8.28. The van der Waals surface area contributed by atoms with Crippen LogP contribution >= 0.6 is 0 Å². The molecule has 0 aliphatic rings. The van der Waals surface area contributed by atoms with Crippen LogP contribution in [0.15, 0.2) is 0 Å². The van der Waals surface area contributed by atoms with Crippen molar-refractivity contribution in [2.45, 2.75) is 45.4 Å². The molecule has 1 atom stereocenters. The lowest BCUT2D eigenvalue weighted by molar-refractivity contribution is 0.219. The van der Waals surface area contributed by atoms with Gasteiger partial charge in [-0.25, -0.2) is 0 Å². The lowest BCUT2D eigenvalue weighted by Crippen LogP contribution is -2.63. The standard InChI is InChI=1S/C8H21N3/c1-6-8(4,9)11-7(2,3)10-5/h10-11H,6,9H2,1-5H3. The number of rotatable bonds is 4. The molecule has 0 saturated heterocycles. The van der Waals surface area contributed by atoms with Crippen LogP contribution in [0.25, 0.3) is 0 Å². The van der Waals surface area contributed by atoms with Gasteiger partial charge in [-0.05, 0) is 34.2 Å². The molecule has 0 aliphatic carbocycles. The average molecular weight is 159 g/mol. The molecular formula is C8H21N3. The molecule has 0 aromatic heterocycles. The summed E-state index contributed by atoms with van der Waals surface area (Å²) in [5.41, 5.74) is 5.54. The molecule has 0 bridgehead atoms. The Morgan fingerprint density at radius 3 is 2.00 bits per heavy atom. The average Bonchev–Trinajstić information content (AvgIpc) is 1.86. The van der Waals surface area contributed by atoms with Gasteiger partial charge in [-0.3, -0.25) is 5.32 Å². The van der Waals surface area contributed by atoms with Crippen molar-refractivity contribution in [3.63, 3.8) is 0 Å². The summed E-state index contributed by atoms with van der Waals surface area (Å²) in [6.07, 6.45) is 0.915.